The van der Waals surface area contributed by atoms with Gasteiger partial charge in [-0.25, -0.2) is 9.37 Å². The molecular weight excluding hydrogens is 413 g/mol. The second kappa shape index (κ2) is 9.10. The van der Waals surface area contributed by atoms with Crippen molar-refractivity contribution < 1.29 is 18.8 Å². The van der Waals surface area contributed by atoms with Crippen molar-refractivity contribution in [3.8, 4) is 0 Å². The number of oxime groups is 1. The Labute approximate surface area is 186 Å². The Morgan fingerprint density at radius 1 is 1.38 bits per heavy atom. The summed E-state index contributed by atoms with van der Waals surface area (Å²) < 4.78 is 15.5. The number of hydrogen-bond acceptors (Lipinski definition) is 5. The molecule has 2 atom stereocenters. The lowest BCUT2D eigenvalue weighted by Gasteiger charge is -2.42. The minimum absolute atomic E-state index is 0.0463. The molecule has 170 valence electrons. The van der Waals surface area contributed by atoms with Gasteiger partial charge in [-0.1, -0.05) is 17.3 Å². The van der Waals surface area contributed by atoms with Gasteiger partial charge in [0.1, 0.15) is 17.7 Å². The molecule has 0 spiro atoms. The summed E-state index contributed by atoms with van der Waals surface area (Å²) in [5.41, 5.74) is 0.555. The fourth-order valence-electron chi connectivity index (χ4n) is 4.57. The van der Waals surface area contributed by atoms with Gasteiger partial charge in [0.25, 0.3) is 0 Å². The van der Waals surface area contributed by atoms with E-state index >= 15 is 0 Å². The van der Waals surface area contributed by atoms with E-state index in [9.17, 15) is 14.0 Å². The topological polar surface area (TPSA) is 88.8 Å². The van der Waals surface area contributed by atoms with Gasteiger partial charge in [0.2, 0.25) is 11.8 Å². The summed E-state index contributed by atoms with van der Waals surface area (Å²) in [5.74, 6) is 0.258. The fraction of sp³-hybridized carbons (Fsp3) is 0.478. The lowest BCUT2D eigenvalue weighted by atomic mass is 9.74. The Bertz CT molecular complexity index is 1040. The molecule has 8 nitrogen and oxygen atoms in total. The van der Waals surface area contributed by atoms with Gasteiger partial charge < -0.3 is 19.6 Å². The number of halogens is 1. The summed E-state index contributed by atoms with van der Waals surface area (Å²) in [6.45, 7) is 2.81. The van der Waals surface area contributed by atoms with Crippen molar-refractivity contribution in [3.63, 3.8) is 0 Å². The molecule has 0 bridgehead atoms. The molecule has 1 aromatic carbocycles. The quantitative estimate of drug-likeness (QED) is 0.746. The van der Waals surface area contributed by atoms with Crippen LogP contribution in [0.2, 0.25) is 0 Å². The number of carbonyl (C=O) groups is 2. The van der Waals surface area contributed by atoms with Gasteiger partial charge in [-0.05, 0) is 25.0 Å². The molecule has 2 aliphatic rings. The van der Waals surface area contributed by atoms with E-state index in [-0.39, 0.29) is 23.7 Å². The average molecular weight is 442 g/mol. The van der Waals surface area contributed by atoms with Crippen LogP contribution < -0.4 is 5.32 Å². The number of hydrogen-bond donors (Lipinski definition) is 1. The van der Waals surface area contributed by atoms with Crippen LogP contribution in [0.5, 0.6) is 0 Å². The van der Waals surface area contributed by atoms with Crippen LogP contribution in [0.1, 0.15) is 44.0 Å². The summed E-state index contributed by atoms with van der Waals surface area (Å²) in [5, 5.41) is 7.18. The van der Waals surface area contributed by atoms with Crippen molar-refractivity contribution in [2.24, 2.45) is 17.6 Å². The number of carbonyl (C=O) groups excluding carboxylic acids is 2. The molecule has 0 radical (unpaired) electrons. The van der Waals surface area contributed by atoms with E-state index in [4.69, 9.17) is 4.84 Å². The Morgan fingerprint density at radius 2 is 2.22 bits per heavy atom. The van der Waals surface area contributed by atoms with Gasteiger partial charge in [0, 0.05) is 57.9 Å². The molecule has 1 aromatic heterocycles. The van der Waals surface area contributed by atoms with E-state index in [2.05, 4.69) is 15.5 Å². The van der Waals surface area contributed by atoms with Crippen LogP contribution in [0.4, 0.5) is 4.39 Å². The molecule has 9 heteroatoms. The van der Waals surface area contributed by atoms with E-state index in [0.29, 0.717) is 50.2 Å². The van der Waals surface area contributed by atoms with Crippen LogP contribution in [0.25, 0.3) is 0 Å². The second-order valence-corrected chi connectivity index (χ2v) is 8.65. The maximum absolute atomic E-state index is 13.6. The van der Waals surface area contributed by atoms with E-state index in [1.807, 2.05) is 17.8 Å². The molecule has 3 heterocycles. The lowest BCUT2D eigenvalue weighted by Crippen LogP contribution is -2.54. The monoisotopic (exact) mass is 441 g/mol. The molecule has 0 aliphatic carbocycles. The number of nitrogens with zero attached hydrogens (tertiary/aromatic N) is 4. The zero-order valence-electron chi connectivity index (χ0n) is 18.4. The first kappa shape index (κ1) is 22.0. The van der Waals surface area contributed by atoms with Gasteiger partial charge in [0.05, 0.1) is 17.7 Å². The van der Waals surface area contributed by atoms with Gasteiger partial charge in [-0.15, -0.1) is 0 Å². The van der Waals surface area contributed by atoms with Gasteiger partial charge in [-0.3, -0.25) is 9.59 Å². The normalized spacial score (nSPS) is 22.9. The first-order chi connectivity index (χ1) is 15.4. The number of nitrogens with one attached hydrogen (secondary N) is 1. The third-order valence-electron chi connectivity index (χ3n) is 6.34. The first-order valence-corrected chi connectivity index (χ1v) is 10.8. The highest BCUT2D eigenvalue weighted by Crippen LogP contribution is 2.38. The predicted molar refractivity (Wildman–Crippen MR) is 116 cm³/mol. The van der Waals surface area contributed by atoms with Crippen molar-refractivity contribution in [1.29, 1.82) is 0 Å². The number of likely N-dealkylation sites (tertiary alicyclic amines) is 1. The molecule has 4 rings (SSSR count). The minimum atomic E-state index is -0.785. The number of imidazole rings is 1. The third kappa shape index (κ3) is 4.66. The maximum Gasteiger partial charge on any atom is 0.228 e. The SMILES string of the molecule is CC(=O)N1CCC[C@@](C[C@@H]2CC(c3cccc(F)c3)=NO2)(C(=O)NCc2nccn2C)C1. The number of benzene rings is 1. The maximum atomic E-state index is 13.6. The van der Waals surface area contributed by atoms with Crippen molar-refractivity contribution in [3.05, 3.63) is 53.9 Å². The molecular formula is C23H28FN5O3. The molecule has 2 aliphatic heterocycles. The Hall–Kier alpha value is -3.23. The van der Waals surface area contributed by atoms with E-state index in [1.54, 1.807) is 23.2 Å². The summed E-state index contributed by atoms with van der Waals surface area (Å²) in [7, 11) is 1.88. The van der Waals surface area contributed by atoms with E-state index in [1.165, 1.54) is 19.1 Å². The largest absolute Gasteiger partial charge is 0.392 e. The van der Waals surface area contributed by atoms with Gasteiger partial charge in [0.15, 0.2) is 0 Å². The standard InChI is InChI=1S/C23H28FN5O3/c1-16(30)29-9-4-7-23(15-29,22(31)26-14-21-25-8-10-28(21)2)13-19-12-20(27-32-19)17-5-3-6-18(24)11-17/h3,5-6,8,10-11,19H,4,7,9,12-15H2,1-2H3,(H,26,31)/t19-,23-/m0/s1. The minimum Gasteiger partial charge on any atom is -0.392 e. The van der Waals surface area contributed by atoms with Crippen molar-refractivity contribution >= 4 is 17.5 Å². The highest BCUT2D eigenvalue weighted by Gasteiger charge is 2.46. The van der Waals surface area contributed by atoms with E-state index < -0.39 is 5.41 Å². The van der Waals surface area contributed by atoms with Gasteiger partial charge in [-0.2, -0.15) is 0 Å². The van der Waals surface area contributed by atoms with Crippen molar-refractivity contribution in [1.82, 2.24) is 19.8 Å². The summed E-state index contributed by atoms with van der Waals surface area (Å²) >= 11 is 0. The fourth-order valence-corrected chi connectivity index (χ4v) is 4.57. The lowest BCUT2D eigenvalue weighted by molar-refractivity contribution is -0.143. The van der Waals surface area contributed by atoms with Crippen molar-refractivity contribution in [2.45, 2.75) is 45.3 Å². The second-order valence-electron chi connectivity index (χ2n) is 8.65. The van der Waals surface area contributed by atoms with Crippen molar-refractivity contribution in [2.75, 3.05) is 13.1 Å². The number of rotatable bonds is 6. The molecule has 2 aromatic rings. The highest BCUT2D eigenvalue weighted by atomic mass is 19.1. The van der Waals surface area contributed by atoms with Crippen LogP contribution >= 0.6 is 0 Å². The molecule has 1 fully saturated rings. The predicted octanol–water partition coefficient (Wildman–Crippen LogP) is 2.39. The molecule has 1 N–H and O–H groups in total. The van der Waals surface area contributed by atoms with Crippen LogP contribution in [0, 0.1) is 11.2 Å². The average Bonchev–Trinajstić information content (AvgIpc) is 3.41. The summed E-state index contributed by atoms with van der Waals surface area (Å²) in [6.07, 6.45) is 5.49. The summed E-state index contributed by atoms with van der Waals surface area (Å²) in [4.78, 5) is 37.2. The van der Waals surface area contributed by atoms with Gasteiger partial charge >= 0.3 is 0 Å². The van der Waals surface area contributed by atoms with Crippen LogP contribution in [-0.2, 0) is 28.0 Å². The summed E-state index contributed by atoms with van der Waals surface area (Å²) in [6, 6.07) is 6.24. The third-order valence-corrected chi connectivity index (χ3v) is 6.34. The van der Waals surface area contributed by atoms with E-state index in [0.717, 1.165) is 12.2 Å². The molecule has 2 amide bonds. The van der Waals surface area contributed by atoms with Crippen LogP contribution in [-0.4, -0.2) is 51.2 Å². The number of aromatic nitrogens is 2. The van der Waals surface area contributed by atoms with Crippen LogP contribution in [0.3, 0.4) is 0 Å². The molecule has 0 unspecified atom stereocenters. The Morgan fingerprint density at radius 3 is 2.94 bits per heavy atom. The number of piperidine rings is 1. The first-order valence-electron chi connectivity index (χ1n) is 10.8. The number of aryl methyl sites for hydroxylation is 1. The Balaban J connectivity index is 1.49. The molecule has 0 saturated carbocycles. The smallest absolute Gasteiger partial charge is 0.228 e. The molecule has 32 heavy (non-hydrogen) atoms. The molecule has 1 saturated heterocycles. The Kier molecular flexibility index (Phi) is 6.25. The zero-order chi connectivity index (χ0) is 22.7. The zero-order valence-corrected chi connectivity index (χ0v) is 18.4. The highest BCUT2D eigenvalue weighted by molar-refractivity contribution is 6.01. The number of amides is 2. The van der Waals surface area contributed by atoms with Crippen LogP contribution in [0.15, 0.2) is 41.8 Å².